The maximum Gasteiger partial charge on any atom is 0.289 e. The van der Waals surface area contributed by atoms with Crippen molar-refractivity contribution in [1.29, 1.82) is 0 Å². The normalized spacial score (nSPS) is 21.1. The standard InChI is InChI=1S/C34H50N6O6S/c1-6-16-35-28(43)24(41)22(20-21-12-13-21)37-27(42)23-11-10-18-40(23)32(46)26(33(2,3)4)39-29(44)25(34(5)14-8-7-9-15-34)38-30(45)31-36-17-19-47-31/h6,17,19,21-23,25-26H,1,7-16,18,20H2,2-5H3,(H,35,43)(H,37,42)(H,38,45)(H,39,44)/t22?,23-,25+,26+/m0/s1. The summed E-state index contributed by atoms with van der Waals surface area (Å²) < 4.78 is 0. The third kappa shape index (κ3) is 9.27. The molecule has 0 spiro atoms. The summed E-state index contributed by atoms with van der Waals surface area (Å²) in [6.07, 6.45) is 10.6. The Balaban J connectivity index is 1.51. The Kier molecular flexibility index (Phi) is 12.0. The van der Waals surface area contributed by atoms with Gasteiger partial charge in [0.05, 0.1) is 6.04 Å². The highest BCUT2D eigenvalue weighted by molar-refractivity contribution is 7.11. The fourth-order valence-electron chi connectivity index (χ4n) is 6.67. The number of nitrogens with one attached hydrogen (secondary N) is 4. The maximum atomic E-state index is 14.3. The van der Waals surface area contributed by atoms with Crippen LogP contribution in [0.5, 0.6) is 0 Å². The van der Waals surface area contributed by atoms with E-state index in [-0.39, 0.29) is 17.5 Å². The third-order valence-electron chi connectivity index (χ3n) is 9.62. The molecule has 4 N–H and O–H groups in total. The van der Waals surface area contributed by atoms with Crippen LogP contribution in [0.3, 0.4) is 0 Å². The average Bonchev–Trinajstić information content (AvgIpc) is 3.45. The van der Waals surface area contributed by atoms with Crippen LogP contribution < -0.4 is 21.3 Å². The Morgan fingerprint density at radius 2 is 1.74 bits per heavy atom. The van der Waals surface area contributed by atoms with Gasteiger partial charge in [0.15, 0.2) is 5.01 Å². The van der Waals surface area contributed by atoms with Crippen LogP contribution in [-0.2, 0) is 24.0 Å². The second-order valence-electron chi connectivity index (χ2n) is 14.6. The van der Waals surface area contributed by atoms with Gasteiger partial charge in [-0.2, -0.15) is 0 Å². The first-order chi connectivity index (χ1) is 22.2. The number of aromatic nitrogens is 1. The number of likely N-dealkylation sites (tertiary alicyclic amines) is 1. The molecular formula is C34H50N6O6S. The zero-order valence-corrected chi connectivity index (χ0v) is 28.9. The third-order valence-corrected chi connectivity index (χ3v) is 10.4. The molecule has 0 radical (unpaired) electrons. The van der Waals surface area contributed by atoms with E-state index in [0.29, 0.717) is 25.8 Å². The predicted molar refractivity (Wildman–Crippen MR) is 178 cm³/mol. The van der Waals surface area contributed by atoms with Gasteiger partial charge in [-0.1, -0.05) is 65.9 Å². The molecule has 1 unspecified atom stereocenters. The number of Topliss-reactive ketones (excluding diaryl/α,β-unsaturated/α-hetero) is 1. The smallest absolute Gasteiger partial charge is 0.289 e. The molecule has 4 atom stereocenters. The average molecular weight is 671 g/mol. The number of carbonyl (C=O) groups is 6. The second kappa shape index (κ2) is 15.5. The number of carbonyl (C=O) groups excluding carboxylic acids is 6. The van der Waals surface area contributed by atoms with E-state index >= 15 is 0 Å². The van der Waals surface area contributed by atoms with Crippen molar-refractivity contribution in [2.24, 2.45) is 16.7 Å². The highest BCUT2D eigenvalue weighted by Gasteiger charge is 2.46. The van der Waals surface area contributed by atoms with Gasteiger partial charge < -0.3 is 26.2 Å². The van der Waals surface area contributed by atoms with Gasteiger partial charge in [0.25, 0.3) is 11.8 Å². The lowest BCUT2D eigenvalue weighted by atomic mass is 9.70. The highest BCUT2D eigenvalue weighted by atomic mass is 32.1. The maximum absolute atomic E-state index is 14.3. The number of hydrogen-bond donors (Lipinski definition) is 4. The predicted octanol–water partition coefficient (Wildman–Crippen LogP) is 2.89. The van der Waals surface area contributed by atoms with Crippen molar-refractivity contribution in [2.75, 3.05) is 13.1 Å². The molecule has 5 amide bonds. The number of nitrogens with zero attached hydrogens (tertiary/aromatic N) is 2. The van der Waals surface area contributed by atoms with E-state index in [9.17, 15) is 28.8 Å². The molecule has 1 aromatic rings. The molecule has 47 heavy (non-hydrogen) atoms. The molecule has 13 heteroatoms. The SMILES string of the molecule is C=CCNC(=O)C(=O)C(CC1CC1)NC(=O)[C@@H]1CCCN1C(=O)[C@@H](NC(=O)[C@@H](NC(=O)c1nccs1)C1(C)CCCCC1)C(C)(C)C. The lowest BCUT2D eigenvalue weighted by molar-refractivity contribution is -0.145. The fraction of sp³-hybridized carbons (Fsp3) is 0.676. The summed E-state index contributed by atoms with van der Waals surface area (Å²) in [5.74, 6) is -3.03. The molecule has 1 saturated heterocycles. The van der Waals surface area contributed by atoms with Crippen LogP contribution in [0.1, 0.15) is 102 Å². The fourth-order valence-corrected chi connectivity index (χ4v) is 7.21. The Hall–Kier alpha value is -3.61. The van der Waals surface area contributed by atoms with E-state index in [4.69, 9.17) is 0 Å². The van der Waals surface area contributed by atoms with Crippen molar-refractivity contribution in [3.8, 4) is 0 Å². The van der Waals surface area contributed by atoms with Crippen molar-refractivity contribution >= 4 is 46.7 Å². The minimum absolute atomic E-state index is 0.133. The lowest BCUT2D eigenvalue weighted by Gasteiger charge is -2.42. The molecule has 1 aromatic heterocycles. The summed E-state index contributed by atoms with van der Waals surface area (Å²) in [5.41, 5.74) is -1.25. The number of rotatable bonds is 14. The molecule has 4 rings (SSSR count). The first-order valence-electron chi connectivity index (χ1n) is 16.8. The minimum atomic E-state index is -0.997. The van der Waals surface area contributed by atoms with E-state index in [0.717, 1.165) is 44.9 Å². The summed E-state index contributed by atoms with van der Waals surface area (Å²) >= 11 is 1.19. The van der Waals surface area contributed by atoms with Crippen molar-refractivity contribution in [3.63, 3.8) is 0 Å². The van der Waals surface area contributed by atoms with Crippen LogP contribution in [0.4, 0.5) is 0 Å². The Morgan fingerprint density at radius 1 is 1.04 bits per heavy atom. The largest absolute Gasteiger partial charge is 0.346 e. The van der Waals surface area contributed by atoms with E-state index < -0.39 is 70.3 Å². The number of amides is 5. The summed E-state index contributed by atoms with van der Waals surface area (Å²) in [6.45, 7) is 11.5. The summed E-state index contributed by atoms with van der Waals surface area (Å²) in [6, 6.07) is -3.74. The van der Waals surface area contributed by atoms with Crippen LogP contribution in [0.25, 0.3) is 0 Å². The summed E-state index contributed by atoms with van der Waals surface area (Å²) in [4.78, 5) is 86.2. The van der Waals surface area contributed by atoms with Crippen LogP contribution in [-0.4, -0.2) is 82.5 Å². The minimum Gasteiger partial charge on any atom is -0.346 e. The van der Waals surface area contributed by atoms with Gasteiger partial charge in [-0.25, -0.2) is 4.98 Å². The zero-order valence-electron chi connectivity index (χ0n) is 28.1. The quantitative estimate of drug-likeness (QED) is 0.174. The van der Waals surface area contributed by atoms with Crippen molar-refractivity contribution < 1.29 is 28.8 Å². The summed E-state index contributed by atoms with van der Waals surface area (Å²) in [5, 5.41) is 13.1. The Morgan fingerprint density at radius 3 is 2.34 bits per heavy atom. The van der Waals surface area contributed by atoms with Crippen LogP contribution >= 0.6 is 11.3 Å². The monoisotopic (exact) mass is 670 g/mol. The van der Waals surface area contributed by atoms with Gasteiger partial charge in [-0.05, 0) is 48.9 Å². The van der Waals surface area contributed by atoms with Gasteiger partial charge in [0.2, 0.25) is 23.5 Å². The molecule has 0 bridgehead atoms. The Labute approximate surface area is 281 Å². The van der Waals surface area contributed by atoms with Gasteiger partial charge in [0.1, 0.15) is 18.1 Å². The molecule has 0 aromatic carbocycles. The molecule has 258 valence electrons. The van der Waals surface area contributed by atoms with E-state index in [1.54, 1.807) is 5.38 Å². The molecule has 2 saturated carbocycles. The molecule has 2 heterocycles. The van der Waals surface area contributed by atoms with Crippen molar-refractivity contribution in [2.45, 2.75) is 116 Å². The zero-order chi connectivity index (χ0) is 34.4. The van der Waals surface area contributed by atoms with Crippen LogP contribution in [0, 0.1) is 16.7 Å². The lowest BCUT2D eigenvalue weighted by Crippen LogP contribution is -2.63. The van der Waals surface area contributed by atoms with Crippen molar-refractivity contribution in [1.82, 2.24) is 31.2 Å². The van der Waals surface area contributed by atoms with E-state index in [2.05, 4.69) is 32.8 Å². The first-order valence-corrected chi connectivity index (χ1v) is 17.7. The first kappa shape index (κ1) is 36.2. The molecule has 3 fully saturated rings. The highest BCUT2D eigenvalue weighted by Crippen LogP contribution is 2.39. The van der Waals surface area contributed by atoms with Gasteiger partial charge in [-0.3, -0.25) is 28.8 Å². The van der Waals surface area contributed by atoms with Crippen LogP contribution in [0.15, 0.2) is 24.2 Å². The van der Waals surface area contributed by atoms with Gasteiger partial charge in [-0.15, -0.1) is 17.9 Å². The molecule has 1 aliphatic heterocycles. The van der Waals surface area contributed by atoms with Crippen molar-refractivity contribution in [3.05, 3.63) is 29.2 Å². The molecule has 3 aliphatic rings. The number of thiazole rings is 1. The van der Waals surface area contributed by atoms with Gasteiger partial charge >= 0.3 is 0 Å². The van der Waals surface area contributed by atoms with E-state index in [1.165, 1.54) is 28.5 Å². The van der Waals surface area contributed by atoms with Gasteiger partial charge in [0, 0.05) is 24.7 Å². The van der Waals surface area contributed by atoms with Crippen LogP contribution in [0.2, 0.25) is 0 Å². The number of ketones is 1. The molecular weight excluding hydrogens is 620 g/mol. The molecule has 2 aliphatic carbocycles. The summed E-state index contributed by atoms with van der Waals surface area (Å²) in [7, 11) is 0. The van der Waals surface area contributed by atoms with E-state index in [1.807, 2.05) is 27.7 Å². The second-order valence-corrected chi connectivity index (χ2v) is 15.5. The Bertz CT molecular complexity index is 1330. The number of hydrogen-bond acceptors (Lipinski definition) is 8. The molecule has 12 nitrogen and oxygen atoms in total. The topological polar surface area (TPSA) is 167 Å².